The van der Waals surface area contributed by atoms with E-state index in [1.165, 1.54) is 50.1 Å². The van der Waals surface area contributed by atoms with Gasteiger partial charge in [-0.15, -0.1) is 0 Å². The largest absolute Gasteiger partial charge is 0.253 e. The van der Waals surface area contributed by atoms with E-state index in [0.29, 0.717) is 23.2 Å². The Morgan fingerprint density at radius 1 is 0.309 bits per heavy atom. The van der Waals surface area contributed by atoms with Gasteiger partial charge < -0.3 is 0 Å². The summed E-state index contributed by atoms with van der Waals surface area (Å²) >= 11 is 0. The quantitative estimate of drug-likeness (QED) is 0.166. The fraction of sp³-hybridized carbons (Fsp3) is 0.0196. The van der Waals surface area contributed by atoms with Gasteiger partial charge in [0.2, 0.25) is 0 Å². The summed E-state index contributed by atoms with van der Waals surface area (Å²) in [5.74, 6) is 1.74. The first-order valence-electron chi connectivity index (χ1n) is 18.6. The lowest BCUT2D eigenvalue weighted by Crippen LogP contribution is -2.28. The van der Waals surface area contributed by atoms with Crippen molar-refractivity contribution in [2.24, 2.45) is 0 Å². The molecule has 258 valence electrons. The standard InChI is InChI=1S/C51H34N4/c1-5-17-35(18-6-1)41-32-33-44-47(42-25-13-14-26-43(42)51(44,39-21-9-3-10-22-39)40-23-11-4-12-24-40)46(41)36-28-30-38(31-29-36)49-53-48(37-19-7-2-8-20-37)54-50(55-49)45-27-15-16-34-52-45/h1-34H. The second-order valence-corrected chi connectivity index (χ2v) is 13.8. The first kappa shape index (κ1) is 32.4. The maximum absolute atomic E-state index is 4.99. The van der Waals surface area contributed by atoms with Crippen LogP contribution in [0.3, 0.4) is 0 Å². The minimum atomic E-state index is -0.501. The molecule has 7 aromatic carbocycles. The molecule has 0 bridgehead atoms. The third-order valence-corrected chi connectivity index (χ3v) is 10.7. The highest BCUT2D eigenvalue weighted by Gasteiger charge is 2.47. The molecule has 1 aliphatic rings. The van der Waals surface area contributed by atoms with Gasteiger partial charge in [-0.2, -0.15) is 0 Å². The SMILES string of the molecule is c1ccc(-c2nc(-c3ccc(-c4c(-c5ccccc5)ccc5c4-c4ccccc4C5(c4ccccc4)c4ccccc4)cc3)nc(-c3ccccn3)n2)cc1. The van der Waals surface area contributed by atoms with Crippen molar-refractivity contribution in [1.82, 2.24) is 19.9 Å². The number of pyridine rings is 1. The van der Waals surface area contributed by atoms with Crippen LogP contribution in [0.5, 0.6) is 0 Å². The molecular formula is C51H34N4. The highest BCUT2D eigenvalue weighted by molar-refractivity contribution is 6.01. The molecule has 0 amide bonds. The molecule has 1 aliphatic carbocycles. The number of hydrogen-bond acceptors (Lipinski definition) is 4. The van der Waals surface area contributed by atoms with Gasteiger partial charge in [-0.3, -0.25) is 4.98 Å². The zero-order valence-electron chi connectivity index (χ0n) is 29.9. The zero-order chi connectivity index (χ0) is 36.6. The monoisotopic (exact) mass is 702 g/mol. The molecule has 55 heavy (non-hydrogen) atoms. The maximum Gasteiger partial charge on any atom is 0.182 e. The third-order valence-electron chi connectivity index (χ3n) is 10.7. The van der Waals surface area contributed by atoms with E-state index < -0.39 is 5.41 Å². The van der Waals surface area contributed by atoms with Gasteiger partial charge in [-0.1, -0.05) is 188 Å². The summed E-state index contributed by atoms with van der Waals surface area (Å²) in [5.41, 5.74) is 14.2. The van der Waals surface area contributed by atoms with Crippen LogP contribution >= 0.6 is 0 Å². The summed E-state index contributed by atoms with van der Waals surface area (Å²) in [7, 11) is 0. The summed E-state index contributed by atoms with van der Waals surface area (Å²) in [5, 5.41) is 0. The molecule has 0 spiro atoms. The molecule has 0 atom stereocenters. The van der Waals surface area contributed by atoms with Crippen molar-refractivity contribution in [2.45, 2.75) is 5.41 Å². The van der Waals surface area contributed by atoms with Crippen LogP contribution in [-0.4, -0.2) is 19.9 Å². The number of hydrogen-bond donors (Lipinski definition) is 0. The lowest BCUT2D eigenvalue weighted by molar-refractivity contribution is 0.768. The van der Waals surface area contributed by atoms with E-state index in [1.54, 1.807) is 6.20 Å². The smallest absolute Gasteiger partial charge is 0.182 e. The number of nitrogens with zero attached hydrogens (tertiary/aromatic N) is 4. The van der Waals surface area contributed by atoms with Gasteiger partial charge >= 0.3 is 0 Å². The molecular weight excluding hydrogens is 669 g/mol. The van der Waals surface area contributed by atoms with Crippen molar-refractivity contribution in [1.29, 1.82) is 0 Å². The van der Waals surface area contributed by atoms with Gasteiger partial charge in [0.05, 0.1) is 5.41 Å². The molecule has 0 saturated carbocycles. The summed E-state index contributed by atoms with van der Waals surface area (Å²) in [6.07, 6.45) is 1.76. The minimum absolute atomic E-state index is 0.501. The minimum Gasteiger partial charge on any atom is -0.253 e. The topological polar surface area (TPSA) is 51.6 Å². The Kier molecular flexibility index (Phi) is 8.00. The van der Waals surface area contributed by atoms with Crippen LogP contribution in [0.4, 0.5) is 0 Å². The lowest BCUT2D eigenvalue weighted by Gasteiger charge is -2.34. The van der Waals surface area contributed by atoms with Gasteiger partial charge in [-0.25, -0.2) is 15.0 Å². The molecule has 10 rings (SSSR count). The molecule has 2 aromatic heterocycles. The van der Waals surface area contributed by atoms with Gasteiger partial charge in [-0.05, 0) is 67.8 Å². The molecule has 0 aliphatic heterocycles. The van der Waals surface area contributed by atoms with Crippen LogP contribution in [-0.2, 0) is 5.41 Å². The lowest BCUT2D eigenvalue weighted by atomic mass is 9.67. The van der Waals surface area contributed by atoms with E-state index in [9.17, 15) is 0 Å². The van der Waals surface area contributed by atoms with Crippen molar-refractivity contribution in [3.05, 3.63) is 229 Å². The second kappa shape index (κ2) is 13.6. The van der Waals surface area contributed by atoms with E-state index in [0.717, 1.165) is 16.7 Å². The van der Waals surface area contributed by atoms with Gasteiger partial charge in [0, 0.05) is 17.3 Å². The fourth-order valence-electron chi connectivity index (χ4n) is 8.31. The van der Waals surface area contributed by atoms with E-state index in [4.69, 9.17) is 15.0 Å². The predicted octanol–water partition coefficient (Wildman–Crippen LogP) is 12.0. The fourth-order valence-corrected chi connectivity index (χ4v) is 8.31. The molecule has 4 heteroatoms. The van der Waals surface area contributed by atoms with E-state index in [-0.39, 0.29) is 0 Å². The van der Waals surface area contributed by atoms with Crippen LogP contribution in [0.1, 0.15) is 22.3 Å². The Morgan fingerprint density at radius 2 is 0.818 bits per heavy atom. The van der Waals surface area contributed by atoms with E-state index in [2.05, 4.69) is 157 Å². The zero-order valence-corrected chi connectivity index (χ0v) is 29.9. The Balaban J connectivity index is 1.21. The molecule has 2 heterocycles. The average Bonchev–Trinajstić information content (AvgIpc) is 3.58. The number of aromatic nitrogens is 4. The average molecular weight is 703 g/mol. The number of rotatable bonds is 7. The van der Waals surface area contributed by atoms with Crippen LogP contribution < -0.4 is 0 Å². The second-order valence-electron chi connectivity index (χ2n) is 13.8. The molecule has 0 fully saturated rings. The first-order valence-corrected chi connectivity index (χ1v) is 18.6. The summed E-state index contributed by atoms with van der Waals surface area (Å²) in [6.45, 7) is 0. The Hall–Kier alpha value is -7.30. The van der Waals surface area contributed by atoms with E-state index in [1.807, 2.05) is 48.5 Å². The van der Waals surface area contributed by atoms with Crippen LogP contribution in [0, 0.1) is 0 Å². The van der Waals surface area contributed by atoms with Crippen molar-refractivity contribution in [3.63, 3.8) is 0 Å². The third kappa shape index (κ3) is 5.46. The summed E-state index contributed by atoms with van der Waals surface area (Å²) in [6, 6.07) is 70.8. The Bertz CT molecular complexity index is 2670. The van der Waals surface area contributed by atoms with E-state index >= 15 is 0 Å². The number of benzene rings is 7. The molecule has 4 nitrogen and oxygen atoms in total. The normalized spacial score (nSPS) is 12.5. The molecule has 0 unspecified atom stereocenters. The molecule has 0 N–H and O–H groups in total. The van der Waals surface area contributed by atoms with Crippen LogP contribution in [0.2, 0.25) is 0 Å². The molecule has 0 radical (unpaired) electrons. The summed E-state index contributed by atoms with van der Waals surface area (Å²) < 4.78 is 0. The van der Waals surface area contributed by atoms with Crippen LogP contribution in [0.25, 0.3) is 67.7 Å². The highest BCUT2D eigenvalue weighted by atomic mass is 15.0. The first-order chi connectivity index (χ1) is 27.3. The van der Waals surface area contributed by atoms with Crippen LogP contribution in [0.15, 0.2) is 206 Å². The predicted molar refractivity (Wildman–Crippen MR) is 222 cm³/mol. The van der Waals surface area contributed by atoms with Gasteiger partial charge in [0.25, 0.3) is 0 Å². The highest BCUT2D eigenvalue weighted by Crippen LogP contribution is 2.59. The van der Waals surface area contributed by atoms with Crippen molar-refractivity contribution >= 4 is 0 Å². The Morgan fingerprint density at radius 3 is 1.44 bits per heavy atom. The molecule has 0 saturated heterocycles. The number of fused-ring (bicyclic) bond motifs is 3. The maximum atomic E-state index is 4.99. The van der Waals surface area contributed by atoms with Crippen molar-refractivity contribution in [3.8, 4) is 67.7 Å². The molecule has 9 aromatic rings. The van der Waals surface area contributed by atoms with Crippen molar-refractivity contribution in [2.75, 3.05) is 0 Å². The van der Waals surface area contributed by atoms with Gasteiger partial charge in [0.1, 0.15) is 5.69 Å². The Labute approximate surface area is 320 Å². The summed E-state index contributed by atoms with van der Waals surface area (Å²) in [4.78, 5) is 19.4. The van der Waals surface area contributed by atoms with Crippen molar-refractivity contribution < 1.29 is 0 Å². The van der Waals surface area contributed by atoms with Gasteiger partial charge in [0.15, 0.2) is 17.5 Å².